The Hall–Kier alpha value is -2.36. The Morgan fingerprint density at radius 3 is 2.58 bits per heavy atom. The van der Waals surface area contributed by atoms with Crippen LogP contribution in [0.25, 0.3) is 11.7 Å². The number of amides is 2. The first-order chi connectivity index (χ1) is 11.4. The van der Waals surface area contributed by atoms with Crippen molar-refractivity contribution < 1.29 is 18.4 Å². The van der Waals surface area contributed by atoms with E-state index in [9.17, 15) is 14.4 Å². The van der Waals surface area contributed by atoms with Gasteiger partial charge >= 0.3 is 5.76 Å². The van der Waals surface area contributed by atoms with Crippen LogP contribution in [0.1, 0.15) is 12.8 Å². The number of piperidine rings is 1. The number of nitrogens with two attached hydrogens (primary N) is 1. The lowest BCUT2D eigenvalue weighted by atomic mass is 9.96. The van der Waals surface area contributed by atoms with E-state index in [0.717, 1.165) is 4.68 Å². The molecular weight excluding hydrogens is 384 g/mol. The minimum Gasteiger partial charge on any atom is -0.444 e. The molecule has 10 heteroatoms. The first-order valence-electron chi connectivity index (χ1n) is 7.35. The van der Waals surface area contributed by atoms with E-state index >= 15 is 0 Å². The van der Waals surface area contributed by atoms with E-state index in [-0.39, 0.29) is 35.9 Å². The SMILES string of the molecule is NC(=O)C1CCN(C(=O)Cn2nc(-c3ccc(Br)o3)oc2=O)CC1. The number of rotatable bonds is 4. The van der Waals surface area contributed by atoms with Gasteiger partial charge < -0.3 is 19.5 Å². The van der Waals surface area contributed by atoms with E-state index in [1.807, 2.05) is 0 Å². The van der Waals surface area contributed by atoms with Gasteiger partial charge in [-0.25, -0.2) is 4.79 Å². The molecule has 2 aromatic heterocycles. The van der Waals surface area contributed by atoms with Gasteiger partial charge in [0, 0.05) is 19.0 Å². The van der Waals surface area contributed by atoms with Crippen LogP contribution in [-0.2, 0) is 16.1 Å². The van der Waals surface area contributed by atoms with E-state index in [4.69, 9.17) is 14.6 Å². The minimum absolute atomic E-state index is 0.00550. The summed E-state index contributed by atoms with van der Waals surface area (Å²) < 4.78 is 11.7. The summed E-state index contributed by atoms with van der Waals surface area (Å²) in [7, 11) is 0. The maximum absolute atomic E-state index is 12.3. The molecule has 0 atom stereocenters. The van der Waals surface area contributed by atoms with Crippen LogP contribution in [0.4, 0.5) is 0 Å². The Morgan fingerprint density at radius 2 is 2.00 bits per heavy atom. The van der Waals surface area contributed by atoms with Crippen LogP contribution < -0.4 is 11.5 Å². The molecule has 0 spiro atoms. The fourth-order valence-corrected chi connectivity index (χ4v) is 2.88. The van der Waals surface area contributed by atoms with Crippen LogP contribution in [0.2, 0.25) is 0 Å². The summed E-state index contributed by atoms with van der Waals surface area (Å²) in [6, 6.07) is 3.23. The Kier molecular flexibility index (Phi) is 4.56. The first kappa shape index (κ1) is 16.5. The van der Waals surface area contributed by atoms with Gasteiger partial charge in [0.25, 0.3) is 5.89 Å². The second kappa shape index (κ2) is 6.63. The number of carbonyl (C=O) groups excluding carboxylic acids is 2. The summed E-state index contributed by atoms with van der Waals surface area (Å²) >= 11 is 3.15. The molecule has 1 saturated heterocycles. The molecule has 0 saturated carbocycles. The molecule has 2 aromatic rings. The van der Waals surface area contributed by atoms with Crippen molar-refractivity contribution in [2.24, 2.45) is 11.7 Å². The second-order valence-electron chi connectivity index (χ2n) is 5.49. The number of halogens is 1. The standard InChI is InChI=1S/C14H15BrN4O5/c15-10-2-1-9(23-10)13-17-19(14(22)24-13)7-11(20)18-5-3-8(4-6-18)12(16)21/h1-2,8H,3-7H2,(H2,16,21). The van der Waals surface area contributed by atoms with Gasteiger partial charge in [-0.3, -0.25) is 9.59 Å². The Morgan fingerprint density at radius 1 is 1.29 bits per heavy atom. The number of primary amides is 1. The van der Waals surface area contributed by atoms with Gasteiger partial charge in [0.1, 0.15) is 6.54 Å². The van der Waals surface area contributed by atoms with E-state index in [1.54, 1.807) is 17.0 Å². The second-order valence-corrected chi connectivity index (χ2v) is 6.27. The van der Waals surface area contributed by atoms with Gasteiger partial charge in [0.15, 0.2) is 10.4 Å². The van der Waals surface area contributed by atoms with Crippen LogP contribution in [0, 0.1) is 5.92 Å². The molecule has 1 aliphatic heterocycles. The molecule has 0 radical (unpaired) electrons. The van der Waals surface area contributed by atoms with Crippen LogP contribution in [0.15, 0.2) is 30.4 Å². The van der Waals surface area contributed by atoms with Crippen molar-refractivity contribution in [1.29, 1.82) is 0 Å². The van der Waals surface area contributed by atoms with Crippen molar-refractivity contribution in [1.82, 2.24) is 14.7 Å². The summed E-state index contributed by atoms with van der Waals surface area (Å²) in [6.07, 6.45) is 1.06. The molecule has 1 aliphatic rings. The lowest BCUT2D eigenvalue weighted by molar-refractivity contribution is -0.135. The maximum Gasteiger partial charge on any atom is 0.437 e. The highest BCUT2D eigenvalue weighted by atomic mass is 79.9. The smallest absolute Gasteiger partial charge is 0.437 e. The highest BCUT2D eigenvalue weighted by Gasteiger charge is 2.26. The zero-order valence-electron chi connectivity index (χ0n) is 12.6. The predicted octanol–water partition coefficient (Wildman–Crippen LogP) is 0.583. The molecule has 0 unspecified atom stereocenters. The fraction of sp³-hybridized carbons (Fsp3) is 0.429. The van der Waals surface area contributed by atoms with Crippen LogP contribution in [0.3, 0.4) is 0 Å². The third-order valence-corrected chi connectivity index (χ3v) is 4.35. The summed E-state index contributed by atoms with van der Waals surface area (Å²) in [4.78, 5) is 36.8. The van der Waals surface area contributed by atoms with Crippen LogP contribution >= 0.6 is 15.9 Å². The van der Waals surface area contributed by atoms with Gasteiger partial charge in [0.2, 0.25) is 11.8 Å². The molecule has 3 rings (SSSR count). The number of nitrogens with zero attached hydrogens (tertiary/aromatic N) is 3. The number of carbonyl (C=O) groups is 2. The van der Waals surface area contributed by atoms with Crippen LogP contribution in [0.5, 0.6) is 0 Å². The molecule has 128 valence electrons. The molecule has 24 heavy (non-hydrogen) atoms. The molecule has 0 aliphatic carbocycles. The number of aromatic nitrogens is 2. The third kappa shape index (κ3) is 3.42. The van der Waals surface area contributed by atoms with Crippen molar-refractivity contribution >= 4 is 27.7 Å². The van der Waals surface area contributed by atoms with E-state index in [0.29, 0.717) is 30.6 Å². The Labute approximate surface area is 144 Å². The summed E-state index contributed by atoms with van der Waals surface area (Å²) in [5.41, 5.74) is 5.27. The van der Waals surface area contributed by atoms with E-state index < -0.39 is 5.76 Å². The molecule has 9 nitrogen and oxygen atoms in total. The highest BCUT2D eigenvalue weighted by molar-refractivity contribution is 9.10. The number of hydrogen-bond acceptors (Lipinski definition) is 6. The quantitative estimate of drug-likeness (QED) is 0.802. The molecule has 3 heterocycles. The molecule has 0 bridgehead atoms. The average Bonchev–Trinajstić information content (AvgIpc) is 3.14. The summed E-state index contributed by atoms with van der Waals surface area (Å²) in [5, 5.41) is 3.97. The number of hydrogen-bond donors (Lipinski definition) is 1. The maximum atomic E-state index is 12.3. The molecular formula is C14H15BrN4O5. The predicted molar refractivity (Wildman–Crippen MR) is 84.7 cm³/mol. The van der Waals surface area contributed by atoms with Gasteiger partial charge in [-0.05, 0) is 40.9 Å². The first-order valence-corrected chi connectivity index (χ1v) is 8.14. The van der Waals surface area contributed by atoms with Crippen molar-refractivity contribution in [3.05, 3.63) is 27.4 Å². The average molecular weight is 399 g/mol. The lowest BCUT2D eigenvalue weighted by Crippen LogP contribution is -2.43. The van der Waals surface area contributed by atoms with Gasteiger partial charge in [-0.2, -0.15) is 4.68 Å². The monoisotopic (exact) mass is 398 g/mol. The topological polar surface area (TPSA) is 125 Å². The number of likely N-dealkylation sites (tertiary alicyclic amines) is 1. The van der Waals surface area contributed by atoms with Gasteiger partial charge in [-0.15, -0.1) is 5.10 Å². The normalized spacial score (nSPS) is 15.6. The van der Waals surface area contributed by atoms with Gasteiger partial charge in [-0.1, -0.05) is 0 Å². The summed E-state index contributed by atoms with van der Waals surface area (Å²) in [5.74, 6) is -1.26. The molecule has 0 aromatic carbocycles. The summed E-state index contributed by atoms with van der Waals surface area (Å²) in [6.45, 7) is 0.625. The van der Waals surface area contributed by atoms with Crippen molar-refractivity contribution in [3.63, 3.8) is 0 Å². The van der Waals surface area contributed by atoms with Crippen molar-refractivity contribution in [2.45, 2.75) is 19.4 Å². The van der Waals surface area contributed by atoms with Crippen molar-refractivity contribution in [3.8, 4) is 11.7 Å². The van der Waals surface area contributed by atoms with Crippen molar-refractivity contribution in [2.75, 3.05) is 13.1 Å². The fourth-order valence-electron chi connectivity index (χ4n) is 2.58. The molecule has 2 amide bonds. The highest BCUT2D eigenvalue weighted by Crippen LogP contribution is 2.22. The molecule has 2 N–H and O–H groups in total. The Bertz CT molecular complexity index is 815. The van der Waals surface area contributed by atoms with Gasteiger partial charge in [0.05, 0.1) is 0 Å². The largest absolute Gasteiger partial charge is 0.444 e. The Balaban J connectivity index is 1.66. The zero-order valence-corrected chi connectivity index (χ0v) is 14.2. The van der Waals surface area contributed by atoms with E-state index in [2.05, 4.69) is 21.0 Å². The van der Waals surface area contributed by atoms with Crippen LogP contribution in [-0.4, -0.2) is 39.6 Å². The third-order valence-electron chi connectivity index (χ3n) is 3.93. The molecule has 1 fully saturated rings. The lowest BCUT2D eigenvalue weighted by Gasteiger charge is -2.30. The zero-order chi connectivity index (χ0) is 17.3. The number of furan rings is 1. The van der Waals surface area contributed by atoms with E-state index in [1.165, 1.54) is 0 Å². The minimum atomic E-state index is -0.738.